The number of carbonyl (C=O) groups excluding carboxylic acids is 1. The van der Waals surface area contributed by atoms with Crippen molar-refractivity contribution in [2.75, 3.05) is 20.3 Å². The molecular formula is C18H23NO3. The summed E-state index contributed by atoms with van der Waals surface area (Å²) < 4.78 is 10.7. The summed E-state index contributed by atoms with van der Waals surface area (Å²) in [6, 6.07) is 11.6. The monoisotopic (exact) mass is 301 g/mol. The zero-order valence-corrected chi connectivity index (χ0v) is 13.5. The summed E-state index contributed by atoms with van der Waals surface area (Å²) in [5, 5.41) is 0. The van der Waals surface area contributed by atoms with Gasteiger partial charge in [-0.2, -0.15) is 0 Å². The van der Waals surface area contributed by atoms with Crippen LogP contribution in [0.2, 0.25) is 0 Å². The molecule has 1 amide bonds. The lowest BCUT2D eigenvalue weighted by Crippen LogP contribution is -2.33. The summed E-state index contributed by atoms with van der Waals surface area (Å²) in [5.41, 5.74) is 1.92. The molecule has 0 spiro atoms. The predicted octanol–water partition coefficient (Wildman–Crippen LogP) is 3.44. The predicted molar refractivity (Wildman–Crippen MR) is 85.9 cm³/mol. The number of rotatable bonds is 7. The van der Waals surface area contributed by atoms with Gasteiger partial charge >= 0.3 is 0 Å². The maximum absolute atomic E-state index is 12.7. The lowest BCUT2D eigenvalue weighted by atomic mass is 10.1. The number of carbonyl (C=O) groups is 1. The molecule has 0 fully saturated rings. The minimum Gasteiger partial charge on any atom is -0.464 e. The Hall–Kier alpha value is -2.07. The number of ether oxygens (including phenoxy) is 1. The van der Waals surface area contributed by atoms with E-state index in [-0.39, 0.29) is 5.91 Å². The highest BCUT2D eigenvalue weighted by Crippen LogP contribution is 2.13. The second kappa shape index (κ2) is 7.80. The highest BCUT2D eigenvalue weighted by molar-refractivity contribution is 5.94. The molecule has 0 N–H and O–H groups in total. The Labute approximate surface area is 131 Å². The molecule has 0 aliphatic rings. The Kier molecular flexibility index (Phi) is 5.78. The van der Waals surface area contributed by atoms with Gasteiger partial charge in [0.1, 0.15) is 11.5 Å². The van der Waals surface area contributed by atoms with Crippen LogP contribution < -0.4 is 0 Å². The summed E-state index contributed by atoms with van der Waals surface area (Å²) in [6.07, 6.45) is 0.966. The molecule has 0 bridgehead atoms. The van der Waals surface area contributed by atoms with Crippen molar-refractivity contribution in [1.82, 2.24) is 4.90 Å². The normalized spacial score (nSPS) is 10.7. The maximum Gasteiger partial charge on any atom is 0.254 e. The quantitative estimate of drug-likeness (QED) is 0.787. The summed E-state index contributed by atoms with van der Waals surface area (Å²) in [4.78, 5) is 14.4. The van der Waals surface area contributed by atoms with Gasteiger partial charge in [-0.1, -0.05) is 19.1 Å². The minimum absolute atomic E-state index is 0.00578. The van der Waals surface area contributed by atoms with Crippen molar-refractivity contribution < 1.29 is 13.9 Å². The van der Waals surface area contributed by atoms with Crippen LogP contribution in [0.5, 0.6) is 0 Å². The largest absolute Gasteiger partial charge is 0.464 e. The van der Waals surface area contributed by atoms with Gasteiger partial charge in [-0.15, -0.1) is 0 Å². The van der Waals surface area contributed by atoms with Crippen LogP contribution in [0.3, 0.4) is 0 Å². The molecule has 4 heteroatoms. The molecule has 2 aromatic rings. The van der Waals surface area contributed by atoms with Crippen LogP contribution in [0.4, 0.5) is 0 Å². The van der Waals surface area contributed by atoms with E-state index in [0.717, 1.165) is 17.9 Å². The van der Waals surface area contributed by atoms with Crippen molar-refractivity contribution in [2.24, 2.45) is 0 Å². The van der Waals surface area contributed by atoms with Gasteiger partial charge in [0, 0.05) is 19.2 Å². The Balaban J connectivity index is 2.13. The summed E-state index contributed by atoms with van der Waals surface area (Å²) in [6.45, 7) is 5.48. The highest BCUT2D eigenvalue weighted by Gasteiger charge is 2.17. The van der Waals surface area contributed by atoms with Gasteiger partial charge in [0.15, 0.2) is 0 Å². The first-order valence-corrected chi connectivity index (χ1v) is 7.56. The number of methoxy groups -OCH3 is 1. The smallest absolute Gasteiger partial charge is 0.254 e. The fraction of sp³-hybridized carbons (Fsp3) is 0.389. The van der Waals surface area contributed by atoms with Crippen molar-refractivity contribution in [3.63, 3.8) is 0 Å². The molecule has 118 valence electrons. The molecule has 1 aromatic carbocycles. The van der Waals surface area contributed by atoms with Crippen LogP contribution in [0.25, 0.3) is 0 Å². The third-order valence-electron chi connectivity index (χ3n) is 3.60. The summed E-state index contributed by atoms with van der Waals surface area (Å²) in [5.74, 6) is 1.63. The van der Waals surface area contributed by atoms with Crippen LogP contribution in [0.15, 0.2) is 40.8 Å². The van der Waals surface area contributed by atoms with Crippen molar-refractivity contribution >= 4 is 5.91 Å². The maximum atomic E-state index is 12.7. The van der Waals surface area contributed by atoms with E-state index in [4.69, 9.17) is 9.15 Å². The van der Waals surface area contributed by atoms with Crippen molar-refractivity contribution in [2.45, 2.75) is 26.8 Å². The Morgan fingerprint density at radius 2 is 1.91 bits per heavy atom. The number of hydrogen-bond acceptors (Lipinski definition) is 3. The molecule has 22 heavy (non-hydrogen) atoms. The van der Waals surface area contributed by atoms with Gasteiger partial charge in [-0.3, -0.25) is 4.79 Å². The van der Waals surface area contributed by atoms with Gasteiger partial charge in [-0.05, 0) is 43.2 Å². The molecule has 0 saturated carbocycles. The zero-order chi connectivity index (χ0) is 15.9. The Morgan fingerprint density at radius 1 is 1.18 bits per heavy atom. The molecular weight excluding hydrogens is 278 g/mol. The first-order valence-electron chi connectivity index (χ1n) is 7.56. The van der Waals surface area contributed by atoms with Crippen molar-refractivity contribution in [1.29, 1.82) is 0 Å². The van der Waals surface area contributed by atoms with Crippen LogP contribution in [-0.2, 0) is 17.7 Å². The van der Waals surface area contributed by atoms with Crippen molar-refractivity contribution in [3.8, 4) is 0 Å². The summed E-state index contributed by atoms with van der Waals surface area (Å²) >= 11 is 0. The van der Waals surface area contributed by atoms with Crippen LogP contribution in [0.1, 0.15) is 34.4 Å². The van der Waals surface area contributed by atoms with Gasteiger partial charge in [0.05, 0.1) is 13.2 Å². The summed E-state index contributed by atoms with van der Waals surface area (Å²) in [7, 11) is 1.63. The molecule has 1 heterocycles. The fourth-order valence-electron chi connectivity index (χ4n) is 2.28. The zero-order valence-electron chi connectivity index (χ0n) is 13.5. The van der Waals surface area contributed by atoms with E-state index in [0.29, 0.717) is 25.3 Å². The second-order valence-electron chi connectivity index (χ2n) is 5.28. The average Bonchev–Trinajstić information content (AvgIpc) is 2.96. The Morgan fingerprint density at radius 3 is 2.45 bits per heavy atom. The molecule has 0 saturated heterocycles. The highest BCUT2D eigenvalue weighted by atomic mass is 16.5. The fourth-order valence-corrected chi connectivity index (χ4v) is 2.28. The molecule has 0 unspecified atom stereocenters. The van der Waals surface area contributed by atoms with E-state index < -0.39 is 0 Å². The average molecular weight is 301 g/mol. The van der Waals surface area contributed by atoms with E-state index >= 15 is 0 Å². The van der Waals surface area contributed by atoms with Crippen LogP contribution >= 0.6 is 0 Å². The molecule has 1 aromatic heterocycles. The SMILES string of the molecule is CCc1ccc(C(=O)N(CCOC)Cc2ccc(C)o2)cc1. The molecule has 2 rings (SSSR count). The number of hydrogen-bond donors (Lipinski definition) is 0. The minimum atomic E-state index is -0.00578. The standard InChI is InChI=1S/C18H23NO3/c1-4-15-6-8-16(9-7-15)18(20)19(11-12-21-3)13-17-10-5-14(2)22-17/h5-10H,4,11-13H2,1-3H3. The topological polar surface area (TPSA) is 42.7 Å². The van der Waals surface area contributed by atoms with E-state index in [9.17, 15) is 4.79 Å². The van der Waals surface area contributed by atoms with E-state index in [2.05, 4.69) is 6.92 Å². The number of amides is 1. The van der Waals surface area contributed by atoms with E-state index in [1.165, 1.54) is 5.56 Å². The molecule has 0 atom stereocenters. The number of aryl methyl sites for hydroxylation is 2. The van der Waals surface area contributed by atoms with Crippen molar-refractivity contribution in [3.05, 3.63) is 59.0 Å². The number of benzene rings is 1. The molecule has 0 aliphatic carbocycles. The first kappa shape index (κ1) is 16.3. The first-order chi connectivity index (χ1) is 10.6. The third kappa shape index (κ3) is 4.21. The number of nitrogens with zero attached hydrogens (tertiary/aromatic N) is 1. The molecule has 0 aliphatic heterocycles. The van der Waals surface area contributed by atoms with Gasteiger partial charge in [0.25, 0.3) is 5.91 Å². The second-order valence-corrected chi connectivity index (χ2v) is 5.28. The van der Waals surface area contributed by atoms with Crippen LogP contribution in [0, 0.1) is 6.92 Å². The lowest BCUT2D eigenvalue weighted by molar-refractivity contribution is 0.0666. The van der Waals surface area contributed by atoms with E-state index in [1.54, 1.807) is 12.0 Å². The molecule has 0 radical (unpaired) electrons. The third-order valence-corrected chi connectivity index (χ3v) is 3.60. The Bertz CT molecular complexity index is 601. The van der Waals surface area contributed by atoms with Gasteiger partial charge in [0.2, 0.25) is 0 Å². The van der Waals surface area contributed by atoms with E-state index in [1.807, 2.05) is 43.3 Å². The van der Waals surface area contributed by atoms with Gasteiger partial charge < -0.3 is 14.1 Å². The van der Waals surface area contributed by atoms with Crippen LogP contribution in [-0.4, -0.2) is 31.1 Å². The number of furan rings is 1. The van der Waals surface area contributed by atoms with Gasteiger partial charge in [-0.25, -0.2) is 0 Å². The lowest BCUT2D eigenvalue weighted by Gasteiger charge is -2.21. The molecule has 4 nitrogen and oxygen atoms in total.